The first-order valence-corrected chi connectivity index (χ1v) is 13.2. The Morgan fingerprint density at radius 3 is 2.53 bits per heavy atom. The number of amides is 1. The zero-order valence-corrected chi connectivity index (χ0v) is 21.0. The van der Waals surface area contributed by atoms with Gasteiger partial charge in [0.2, 0.25) is 5.91 Å². The fourth-order valence-corrected chi connectivity index (χ4v) is 6.37. The summed E-state index contributed by atoms with van der Waals surface area (Å²) in [5.41, 5.74) is 2.11. The summed E-state index contributed by atoms with van der Waals surface area (Å²) < 4.78 is 6.82. The van der Waals surface area contributed by atoms with Gasteiger partial charge in [0, 0.05) is 10.6 Å². The second kappa shape index (κ2) is 10.2. The number of aromatic carboxylic acids is 1. The Kier molecular flexibility index (Phi) is 6.80. The minimum atomic E-state index is -1.28. The fourth-order valence-electron chi connectivity index (χ4n) is 4.26. The molecule has 2 heterocycles. The van der Waals surface area contributed by atoms with Gasteiger partial charge < -0.3 is 20.0 Å². The van der Waals surface area contributed by atoms with E-state index in [2.05, 4.69) is 5.32 Å². The molecule has 0 saturated carbocycles. The van der Waals surface area contributed by atoms with E-state index < -0.39 is 5.97 Å². The van der Waals surface area contributed by atoms with Crippen LogP contribution in [0.3, 0.4) is 0 Å². The highest BCUT2D eigenvalue weighted by atomic mass is 32.2. The number of carboxylic acids is 1. The Bertz CT molecular complexity index is 1510. The van der Waals surface area contributed by atoms with Gasteiger partial charge in [-0.15, -0.1) is 11.3 Å². The molecule has 0 aliphatic heterocycles. The number of carbonyl (C=O) groups is 2. The number of fused-ring (bicyclic) bond motifs is 3. The second-order valence-corrected chi connectivity index (χ2v) is 10.4. The number of thioether (sulfide) groups is 1. The zero-order chi connectivity index (χ0) is 25.2. The van der Waals surface area contributed by atoms with Crippen LogP contribution in [0.4, 0.5) is 5.69 Å². The first-order chi connectivity index (χ1) is 17.4. The number of ether oxygens (including phenoxy) is 1. The van der Waals surface area contributed by atoms with Crippen LogP contribution in [0.2, 0.25) is 0 Å². The van der Waals surface area contributed by atoms with E-state index in [0.717, 1.165) is 31.2 Å². The molecule has 0 spiro atoms. The van der Waals surface area contributed by atoms with Gasteiger partial charge in [-0.3, -0.25) is 14.2 Å². The first kappa shape index (κ1) is 24.1. The molecule has 5 rings (SSSR count). The molecule has 36 heavy (non-hydrogen) atoms. The molecule has 10 heteroatoms. The molecule has 1 aliphatic rings. The first-order valence-electron chi connectivity index (χ1n) is 11.4. The Hall–Kier alpha value is -3.63. The summed E-state index contributed by atoms with van der Waals surface area (Å²) >= 11 is 2.74. The number of methoxy groups -OCH3 is 1. The van der Waals surface area contributed by atoms with Crippen molar-refractivity contribution < 1.29 is 19.4 Å². The molecule has 184 valence electrons. The van der Waals surface area contributed by atoms with Crippen molar-refractivity contribution in [3.8, 4) is 11.4 Å². The lowest BCUT2D eigenvalue weighted by atomic mass is 9.97. The molecule has 1 aliphatic carbocycles. The number of anilines is 1. The van der Waals surface area contributed by atoms with Crippen LogP contribution in [0.25, 0.3) is 15.9 Å². The molecule has 1 amide bonds. The fraction of sp³-hybridized carbons (Fsp3) is 0.231. The SMILES string of the molecule is COc1ccc(-n2c(SCC(=O)Nc3ccc(C(=O)[O-])cc3)nc3sc4c(c3c2=O)CCCC4)cc1. The summed E-state index contributed by atoms with van der Waals surface area (Å²) in [5.74, 6) is -0.896. The number of nitrogens with zero attached hydrogens (tertiary/aromatic N) is 2. The number of thiophene rings is 1. The van der Waals surface area contributed by atoms with E-state index in [0.29, 0.717) is 32.5 Å². The highest BCUT2D eigenvalue weighted by Crippen LogP contribution is 2.35. The van der Waals surface area contributed by atoms with Crippen molar-refractivity contribution in [1.29, 1.82) is 0 Å². The third-order valence-corrected chi connectivity index (χ3v) is 8.15. The van der Waals surface area contributed by atoms with Gasteiger partial charge in [-0.25, -0.2) is 4.98 Å². The van der Waals surface area contributed by atoms with E-state index in [-0.39, 0.29) is 22.8 Å². The normalized spacial score (nSPS) is 12.8. The third kappa shape index (κ3) is 4.74. The second-order valence-electron chi connectivity index (χ2n) is 8.33. The maximum Gasteiger partial charge on any atom is 0.267 e. The van der Waals surface area contributed by atoms with Crippen molar-refractivity contribution in [3.63, 3.8) is 0 Å². The Labute approximate surface area is 214 Å². The van der Waals surface area contributed by atoms with Gasteiger partial charge in [0.05, 0.1) is 29.9 Å². The van der Waals surface area contributed by atoms with Crippen molar-refractivity contribution in [3.05, 3.63) is 74.9 Å². The molecule has 0 fully saturated rings. The molecule has 0 saturated heterocycles. The van der Waals surface area contributed by atoms with E-state index in [4.69, 9.17) is 9.72 Å². The molecule has 2 aromatic heterocycles. The number of carbonyl (C=O) groups excluding carboxylic acids is 2. The Morgan fingerprint density at radius 2 is 1.83 bits per heavy atom. The van der Waals surface area contributed by atoms with Gasteiger partial charge in [0.25, 0.3) is 5.56 Å². The molecule has 0 radical (unpaired) electrons. The largest absolute Gasteiger partial charge is 0.545 e. The molecular formula is C26H22N3O5S2-. The summed E-state index contributed by atoms with van der Waals surface area (Å²) in [4.78, 5) is 44.1. The molecule has 8 nitrogen and oxygen atoms in total. The highest BCUT2D eigenvalue weighted by Gasteiger charge is 2.23. The van der Waals surface area contributed by atoms with Crippen LogP contribution >= 0.6 is 23.1 Å². The molecule has 1 N–H and O–H groups in total. The van der Waals surface area contributed by atoms with E-state index >= 15 is 0 Å². The van der Waals surface area contributed by atoms with Gasteiger partial charge in [-0.05, 0) is 73.2 Å². The predicted octanol–water partition coefficient (Wildman–Crippen LogP) is 3.43. The number of benzene rings is 2. The van der Waals surface area contributed by atoms with Crippen molar-refractivity contribution >= 4 is 50.9 Å². The number of hydrogen-bond donors (Lipinski definition) is 1. The lowest BCUT2D eigenvalue weighted by Crippen LogP contribution is -2.23. The topological polar surface area (TPSA) is 113 Å². The summed E-state index contributed by atoms with van der Waals surface area (Å²) in [6.07, 6.45) is 4.00. The van der Waals surface area contributed by atoms with Crippen molar-refractivity contribution in [2.75, 3.05) is 18.2 Å². The molecule has 4 aromatic rings. The average Bonchev–Trinajstić information content (AvgIpc) is 3.26. The van der Waals surface area contributed by atoms with Gasteiger partial charge in [-0.2, -0.15) is 0 Å². The van der Waals surface area contributed by atoms with Crippen molar-refractivity contribution in [2.24, 2.45) is 0 Å². The third-order valence-electron chi connectivity index (χ3n) is 6.03. The van der Waals surface area contributed by atoms with E-state index in [1.807, 2.05) is 0 Å². The van der Waals surface area contributed by atoms with Crippen LogP contribution in [-0.4, -0.2) is 34.3 Å². The average molecular weight is 521 g/mol. The van der Waals surface area contributed by atoms with Gasteiger partial charge in [0.15, 0.2) is 5.16 Å². The highest BCUT2D eigenvalue weighted by molar-refractivity contribution is 7.99. The molecule has 0 unspecified atom stereocenters. The maximum atomic E-state index is 13.8. The van der Waals surface area contributed by atoms with Crippen molar-refractivity contribution in [1.82, 2.24) is 9.55 Å². The minimum Gasteiger partial charge on any atom is -0.545 e. The van der Waals surface area contributed by atoms with Gasteiger partial charge >= 0.3 is 0 Å². The smallest absolute Gasteiger partial charge is 0.267 e. The number of aryl methyl sites for hydroxylation is 2. The molecular weight excluding hydrogens is 498 g/mol. The van der Waals surface area contributed by atoms with Crippen LogP contribution in [0.5, 0.6) is 5.75 Å². The van der Waals surface area contributed by atoms with Crippen LogP contribution in [-0.2, 0) is 17.6 Å². The molecule has 2 aromatic carbocycles. The number of nitrogens with one attached hydrogen (secondary N) is 1. The lowest BCUT2D eigenvalue weighted by Gasteiger charge is -2.14. The van der Waals surface area contributed by atoms with Crippen LogP contribution in [0.15, 0.2) is 58.5 Å². The maximum absolute atomic E-state index is 13.8. The van der Waals surface area contributed by atoms with Gasteiger partial charge in [-0.1, -0.05) is 23.9 Å². The summed E-state index contributed by atoms with van der Waals surface area (Å²) in [6.45, 7) is 0. The Morgan fingerprint density at radius 1 is 1.11 bits per heavy atom. The standard InChI is InChI=1S/C26H23N3O5S2/c1-34-18-12-10-17(11-13-18)29-24(31)22-19-4-2-3-5-20(19)36-23(22)28-26(29)35-14-21(30)27-16-8-6-15(7-9-16)25(32)33/h6-13H,2-5,14H2,1H3,(H,27,30)(H,32,33)/p-1. The van der Waals surface area contributed by atoms with Gasteiger partial charge in [0.1, 0.15) is 10.6 Å². The minimum absolute atomic E-state index is 0.0153. The summed E-state index contributed by atoms with van der Waals surface area (Å²) in [5, 5.41) is 14.8. The number of rotatable bonds is 7. The number of hydrogen-bond acceptors (Lipinski definition) is 8. The zero-order valence-electron chi connectivity index (χ0n) is 19.4. The predicted molar refractivity (Wildman–Crippen MR) is 139 cm³/mol. The van der Waals surface area contributed by atoms with E-state index in [1.54, 1.807) is 47.3 Å². The molecule has 0 atom stereocenters. The van der Waals surface area contributed by atoms with E-state index in [1.165, 1.54) is 40.9 Å². The van der Waals surface area contributed by atoms with Crippen LogP contribution in [0.1, 0.15) is 33.6 Å². The quantitative estimate of drug-likeness (QED) is 0.293. The monoisotopic (exact) mass is 520 g/mol. The summed E-state index contributed by atoms with van der Waals surface area (Å²) in [6, 6.07) is 12.9. The molecule has 0 bridgehead atoms. The number of aromatic nitrogens is 2. The van der Waals surface area contributed by atoms with E-state index in [9.17, 15) is 19.5 Å². The van der Waals surface area contributed by atoms with Crippen molar-refractivity contribution in [2.45, 2.75) is 30.8 Å². The summed E-state index contributed by atoms with van der Waals surface area (Å²) in [7, 11) is 1.58. The number of carboxylic acid groups (broad SMARTS) is 1. The van der Waals surface area contributed by atoms with Crippen LogP contribution in [0, 0.1) is 0 Å². The van der Waals surface area contributed by atoms with Crippen LogP contribution < -0.4 is 20.7 Å². The Balaban J connectivity index is 1.47. The lowest BCUT2D eigenvalue weighted by molar-refractivity contribution is -0.255.